The fraction of sp³-hybridized carbons (Fsp3) is 0.391. The van der Waals surface area contributed by atoms with Gasteiger partial charge in [-0.3, -0.25) is 4.79 Å². The van der Waals surface area contributed by atoms with Crippen molar-refractivity contribution in [1.29, 1.82) is 0 Å². The van der Waals surface area contributed by atoms with E-state index < -0.39 is 6.10 Å². The second-order valence-corrected chi connectivity index (χ2v) is 7.82. The van der Waals surface area contributed by atoms with Crippen LogP contribution in [0.5, 0.6) is 5.75 Å². The molecule has 0 radical (unpaired) electrons. The van der Waals surface area contributed by atoms with Crippen molar-refractivity contribution in [2.75, 3.05) is 20.2 Å². The topological polar surface area (TPSA) is 60.4 Å². The first kappa shape index (κ1) is 18.2. The molecule has 1 spiro atoms. The van der Waals surface area contributed by atoms with E-state index in [2.05, 4.69) is 22.0 Å². The van der Waals surface area contributed by atoms with E-state index in [-0.39, 0.29) is 11.5 Å². The number of nitrogens with zero attached hydrogens (tertiary/aromatic N) is 2. The fourth-order valence-electron chi connectivity index (χ4n) is 4.50. The molecule has 3 aliphatic heterocycles. The standard InChI is InChI=1S/C23H24N2O4/c1-27-18-7-8-19-17(14-18)15-28-23(19)9-11-25(12-10-23)22-24-21(26)20(29-22)13-16-5-3-2-4-6-16/h2-8,14,20H,9-13,15H2,1H3. The summed E-state index contributed by atoms with van der Waals surface area (Å²) >= 11 is 0. The molecular formula is C23H24N2O4. The number of piperidine rings is 1. The van der Waals surface area contributed by atoms with Gasteiger partial charge in [0.15, 0.2) is 6.10 Å². The van der Waals surface area contributed by atoms with E-state index in [1.807, 2.05) is 36.4 Å². The third-order valence-corrected chi connectivity index (χ3v) is 6.14. The minimum absolute atomic E-state index is 0.196. The Morgan fingerprint density at radius 3 is 2.72 bits per heavy atom. The number of hydrogen-bond acceptors (Lipinski definition) is 5. The predicted octanol–water partition coefficient (Wildman–Crippen LogP) is 3.04. The first-order valence-electron chi connectivity index (χ1n) is 10.1. The van der Waals surface area contributed by atoms with Gasteiger partial charge in [-0.1, -0.05) is 36.4 Å². The molecule has 1 unspecified atom stereocenters. The number of benzene rings is 2. The highest BCUT2D eigenvalue weighted by atomic mass is 16.5. The smallest absolute Gasteiger partial charge is 0.296 e. The summed E-state index contributed by atoms with van der Waals surface area (Å²) in [7, 11) is 1.68. The van der Waals surface area contributed by atoms with E-state index in [4.69, 9.17) is 14.2 Å². The first-order valence-corrected chi connectivity index (χ1v) is 10.1. The van der Waals surface area contributed by atoms with Gasteiger partial charge in [0.05, 0.1) is 19.3 Å². The van der Waals surface area contributed by atoms with E-state index >= 15 is 0 Å². The Morgan fingerprint density at radius 1 is 1.17 bits per heavy atom. The molecule has 150 valence electrons. The van der Waals surface area contributed by atoms with Crippen molar-refractivity contribution in [2.24, 2.45) is 4.99 Å². The third-order valence-electron chi connectivity index (χ3n) is 6.14. The average Bonchev–Trinajstić information content (AvgIpc) is 3.30. The van der Waals surface area contributed by atoms with Crippen LogP contribution in [0.4, 0.5) is 0 Å². The van der Waals surface area contributed by atoms with Crippen LogP contribution in [0.1, 0.15) is 29.5 Å². The van der Waals surface area contributed by atoms with Gasteiger partial charge in [-0.15, -0.1) is 0 Å². The summed E-state index contributed by atoms with van der Waals surface area (Å²) in [6.45, 7) is 2.10. The van der Waals surface area contributed by atoms with Gasteiger partial charge in [0.1, 0.15) is 5.75 Å². The van der Waals surface area contributed by atoms with Crippen LogP contribution in [0, 0.1) is 0 Å². The van der Waals surface area contributed by atoms with Gasteiger partial charge in [0.2, 0.25) is 0 Å². The molecule has 1 saturated heterocycles. The predicted molar refractivity (Wildman–Crippen MR) is 108 cm³/mol. The van der Waals surface area contributed by atoms with Gasteiger partial charge in [0.25, 0.3) is 11.9 Å². The van der Waals surface area contributed by atoms with Crippen LogP contribution in [0.15, 0.2) is 53.5 Å². The molecule has 0 saturated carbocycles. The van der Waals surface area contributed by atoms with Gasteiger partial charge in [0, 0.05) is 19.5 Å². The van der Waals surface area contributed by atoms with E-state index in [9.17, 15) is 4.79 Å². The minimum atomic E-state index is -0.529. The minimum Gasteiger partial charge on any atom is -0.497 e. The van der Waals surface area contributed by atoms with E-state index in [0.717, 1.165) is 37.2 Å². The van der Waals surface area contributed by atoms with Crippen LogP contribution in [0.2, 0.25) is 0 Å². The molecule has 3 heterocycles. The van der Waals surface area contributed by atoms with Gasteiger partial charge in [-0.25, -0.2) is 0 Å². The molecule has 0 bridgehead atoms. The maximum absolute atomic E-state index is 12.3. The zero-order valence-electron chi connectivity index (χ0n) is 16.5. The molecule has 0 aromatic heterocycles. The van der Waals surface area contributed by atoms with Gasteiger partial charge >= 0.3 is 0 Å². The molecule has 1 atom stereocenters. The van der Waals surface area contributed by atoms with Crippen LogP contribution in [0.25, 0.3) is 0 Å². The molecule has 5 rings (SSSR count). The summed E-state index contributed by atoms with van der Waals surface area (Å²) in [5.41, 5.74) is 3.27. The molecule has 2 aromatic carbocycles. The number of fused-ring (bicyclic) bond motifs is 2. The molecule has 0 aliphatic carbocycles. The van der Waals surface area contributed by atoms with Crippen LogP contribution in [-0.2, 0) is 32.9 Å². The summed E-state index contributed by atoms with van der Waals surface area (Å²) in [6, 6.07) is 16.5. The normalized spacial score (nSPS) is 22.4. The largest absolute Gasteiger partial charge is 0.497 e. The van der Waals surface area contributed by atoms with Crippen molar-refractivity contribution in [1.82, 2.24) is 4.90 Å². The quantitative estimate of drug-likeness (QED) is 0.804. The van der Waals surface area contributed by atoms with Crippen LogP contribution < -0.4 is 4.74 Å². The number of aliphatic imine (C=N–C) groups is 1. The van der Waals surface area contributed by atoms with Crippen molar-refractivity contribution < 1.29 is 19.0 Å². The van der Waals surface area contributed by atoms with E-state index in [1.165, 1.54) is 11.1 Å². The summed E-state index contributed by atoms with van der Waals surface area (Å²) in [5.74, 6) is 0.664. The lowest BCUT2D eigenvalue weighted by Crippen LogP contribution is -2.45. The second-order valence-electron chi connectivity index (χ2n) is 7.82. The third kappa shape index (κ3) is 3.27. The molecule has 1 fully saturated rings. The number of amides is 1. The molecule has 6 heteroatoms. The fourth-order valence-corrected chi connectivity index (χ4v) is 4.50. The van der Waals surface area contributed by atoms with Crippen LogP contribution in [-0.4, -0.2) is 43.1 Å². The average molecular weight is 392 g/mol. The summed E-state index contributed by atoms with van der Waals surface area (Å²) < 4.78 is 17.5. The van der Waals surface area contributed by atoms with Gasteiger partial charge < -0.3 is 19.1 Å². The highest BCUT2D eigenvalue weighted by Gasteiger charge is 2.44. The first-order chi connectivity index (χ1) is 14.2. The number of methoxy groups -OCH3 is 1. The van der Waals surface area contributed by atoms with Crippen LogP contribution >= 0.6 is 0 Å². The molecular weight excluding hydrogens is 368 g/mol. The Kier molecular flexibility index (Phi) is 4.51. The summed E-state index contributed by atoms with van der Waals surface area (Å²) in [5, 5.41) is 0. The zero-order chi connectivity index (χ0) is 19.8. The lowest BCUT2D eigenvalue weighted by Gasteiger charge is -2.39. The molecule has 1 amide bonds. The number of amidine groups is 1. The Labute approximate surface area is 170 Å². The van der Waals surface area contributed by atoms with Crippen molar-refractivity contribution in [3.63, 3.8) is 0 Å². The molecule has 2 aromatic rings. The Bertz CT molecular complexity index is 949. The number of ether oxygens (including phenoxy) is 3. The number of carbonyl (C=O) groups is 1. The van der Waals surface area contributed by atoms with Gasteiger partial charge in [-0.2, -0.15) is 4.99 Å². The monoisotopic (exact) mass is 392 g/mol. The highest BCUT2D eigenvalue weighted by Crippen LogP contribution is 2.45. The lowest BCUT2D eigenvalue weighted by molar-refractivity contribution is -0.122. The van der Waals surface area contributed by atoms with Crippen molar-refractivity contribution >= 4 is 11.9 Å². The van der Waals surface area contributed by atoms with Crippen LogP contribution in [0.3, 0.4) is 0 Å². The van der Waals surface area contributed by atoms with Crippen molar-refractivity contribution in [3.8, 4) is 5.75 Å². The number of likely N-dealkylation sites (tertiary alicyclic amines) is 1. The second kappa shape index (κ2) is 7.19. The van der Waals surface area contributed by atoms with E-state index in [1.54, 1.807) is 7.11 Å². The Morgan fingerprint density at radius 2 is 1.97 bits per heavy atom. The molecule has 3 aliphatic rings. The molecule has 0 N–H and O–H groups in total. The zero-order valence-corrected chi connectivity index (χ0v) is 16.5. The number of hydrogen-bond donors (Lipinski definition) is 0. The Hall–Kier alpha value is -2.86. The SMILES string of the molecule is COc1ccc2c(c1)COC21CCN(C2=NC(=O)C(Cc3ccccc3)O2)CC1. The van der Waals surface area contributed by atoms with Crippen molar-refractivity contribution in [3.05, 3.63) is 65.2 Å². The van der Waals surface area contributed by atoms with Gasteiger partial charge in [-0.05, 0) is 41.7 Å². The summed E-state index contributed by atoms with van der Waals surface area (Å²) in [4.78, 5) is 18.6. The Balaban J connectivity index is 1.24. The van der Waals surface area contributed by atoms with Crippen molar-refractivity contribution in [2.45, 2.75) is 37.6 Å². The number of rotatable bonds is 3. The summed E-state index contributed by atoms with van der Waals surface area (Å²) in [6.07, 6.45) is 1.69. The molecule has 6 nitrogen and oxygen atoms in total. The maximum Gasteiger partial charge on any atom is 0.296 e. The van der Waals surface area contributed by atoms with E-state index in [0.29, 0.717) is 19.0 Å². The maximum atomic E-state index is 12.3. The number of carbonyl (C=O) groups excluding carboxylic acids is 1. The highest BCUT2D eigenvalue weighted by molar-refractivity contribution is 5.98. The molecule has 29 heavy (non-hydrogen) atoms. The lowest BCUT2D eigenvalue weighted by atomic mass is 9.84.